The van der Waals surface area contributed by atoms with E-state index in [2.05, 4.69) is 5.32 Å². The summed E-state index contributed by atoms with van der Waals surface area (Å²) in [4.78, 5) is 22.2. The fourth-order valence-electron chi connectivity index (χ4n) is 2.20. The van der Waals surface area contributed by atoms with E-state index in [0.717, 1.165) is 0 Å². The first-order chi connectivity index (χ1) is 8.98. The van der Waals surface area contributed by atoms with Gasteiger partial charge in [-0.15, -0.1) is 0 Å². The molecule has 1 aliphatic rings. The molecule has 2 N–H and O–H groups in total. The van der Waals surface area contributed by atoms with E-state index in [-0.39, 0.29) is 30.4 Å². The van der Waals surface area contributed by atoms with Gasteiger partial charge in [0.25, 0.3) is 0 Å². The summed E-state index contributed by atoms with van der Waals surface area (Å²) in [5.74, 6) is -2.12. The quantitative estimate of drug-likeness (QED) is 0.789. The van der Waals surface area contributed by atoms with E-state index in [4.69, 9.17) is 9.84 Å². The second kappa shape index (κ2) is 5.99. The predicted molar refractivity (Wildman–Crippen MR) is 72.1 cm³/mol. The lowest BCUT2D eigenvalue weighted by Crippen LogP contribution is -2.37. The van der Waals surface area contributed by atoms with Gasteiger partial charge in [0.1, 0.15) is 5.60 Å². The van der Waals surface area contributed by atoms with Crippen molar-refractivity contribution in [3.63, 3.8) is 0 Å². The Morgan fingerprint density at radius 3 is 2.30 bits per heavy atom. The Kier molecular flexibility index (Phi) is 5.01. The molecule has 0 aromatic carbocycles. The minimum Gasteiger partial charge on any atom is -0.481 e. The highest BCUT2D eigenvalue weighted by Gasteiger charge is 2.38. The number of sulfone groups is 1. The first kappa shape index (κ1) is 16.7. The molecular formula is C12H21NO6S. The second-order valence-electron chi connectivity index (χ2n) is 6.08. The molecule has 1 fully saturated rings. The molecule has 0 aromatic heterocycles. The number of amides is 1. The van der Waals surface area contributed by atoms with E-state index in [1.165, 1.54) is 0 Å². The monoisotopic (exact) mass is 307 g/mol. The first-order valence-electron chi connectivity index (χ1n) is 6.37. The number of carboxylic acids is 1. The van der Waals surface area contributed by atoms with Crippen molar-refractivity contribution in [3.05, 3.63) is 0 Å². The molecule has 1 amide bonds. The van der Waals surface area contributed by atoms with Crippen LogP contribution in [0.2, 0.25) is 0 Å². The van der Waals surface area contributed by atoms with Gasteiger partial charge < -0.3 is 15.2 Å². The fourth-order valence-corrected chi connectivity index (χ4v) is 4.42. The minimum atomic E-state index is -3.23. The maximum atomic E-state index is 11.6. The molecule has 0 aromatic rings. The van der Waals surface area contributed by atoms with Gasteiger partial charge in [0.2, 0.25) is 0 Å². The summed E-state index contributed by atoms with van der Waals surface area (Å²) in [7, 11) is -3.23. The van der Waals surface area contributed by atoms with Gasteiger partial charge in [0.15, 0.2) is 9.84 Å². The molecular weight excluding hydrogens is 286 g/mol. The van der Waals surface area contributed by atoms with Crippen molar-refractivity contribution in [2.24, 2.45) is 11.8 Å². The summed E-state index contributed by atoms with van der Waals surface area (Å²) in [6.07, 6.45) is -0.837. The number of aliphatic carboxylic acids is 1. The summed E-state index contributed by atoms with van der Waals surface area (Å²) in [6, 6.07) is 0. The van der Waals surface area contributed by atoms with E-state index >= 15 is 0 Å². The number of alkyl carbamates (subject to hydrolysis) is 1. The Morgan fingerprint density at radius 2 is 1.80 bits per heavy atom. The van der Waals surface area contributed by atoms with E-state index in [0.29, 0.717) is 0 Å². The number of hydrogen-bond donors (Lipinski definition) is 2. The van der Waals surface area contributed by atoms with Crippen LogP contribution >= 0.6 is 0 Å². The molecule has 20 heavy (non-hydrogen) atoms. The van der Waals surface area contributed by atoms with Crippen molar-refractivity contribution in [2.75, 3.05) is 18.1 Å². The molecule has 0 radical (unpaired) electrons. The van der Waals surface area contributed by atoms with Crippen LogP contribution in [0.1, 0.15) is 27.2 Å². The number of carboxylic acid groups (broad SMARTS) is 1. The highest BCUT2D eigenvalue weighted by atomic mass is 32.2. The van der Waals surface area contributed by atoms with Crippen LogP contribution in [0.15, 0.2) is 0 Å². The summed E-state index contributed by atoms with van der Waals surface area (Å²) in [5, 5.41) is 11.3. The fraction of sp³-hybridized carbons (Fsp3) is 0.833. The summed E-state index contributed by atoms with van der Waals surface area (Å²) >= 11 is 0. The standard InChI is InChI=1S/C12H21NO6S/c1-12(2,3)19-11(16)13-5-9-7-20(17,18)6-8(9)4-10(14)15/h8-9H,4-7H2,1-3H3,(H,13,16)(H,14,15)/t8-,9+/m0/s1. The average molecular weight is 307 g/mol. The van der Waals surface area contributed by atoms with Gasteiger partial charge >= 0.3 is 12.1 Å². The SMILES string of the molecule is CC(C)(C)OC(=O)NC[C@@H]1CS(=O)(=O)C[C@@H]1CC(=O)O. The van der Waals surface area contributed by atoms with Crippen LogP contribution in [0.25, 0.3) is 0 Å². The zero-order chi connectivity index (χ0) is 15.6. The Morgan fingerprint density at radius 1 is 1.25 bits per heavy atom. The molecule has 1 aliphatic heterocycles. The molecule has 8 heteroatoms. The van der Waals surface area contributed by atoms with Gasteiger partial charge in [0.05, 0.1) is 11.5 Å². The molecule has 0 bridgehead atoms. The molecule has 1 rings (SSSR count). The van der Waals surface area contributed by atoms with Gasteiger partial charge in [-0.3, -0.25) is 4.79 Å². The van der Waals surface area contributed by atoms with Crippen LogP contribution in [0.3, 0.4) is 0 Å². The molecule has 0 spiro atoms. The van der Waals surface area contributed by atoms with Crippen LogP contribution in [0.4, 0.5) is 4.79 Å². The van der Waals surface area contributed by atoms with Crippen molar-refractivity contribution in [1.29, 1.82) is 0 Å². The second-order valence-corrected chi connectivity index (χ2v) is 8.23. The third-order valence-corrected chi connectivity index (χ3v) is 4.82. The topological polar surface area (TPSA) is 110 Å². The summed E-state index contributed by atoms with van der Waals surface area (Å²) < 4.78 is 28.2. The third kappa shape index (κ3) is 5.77. The summed E-state index contributed by atoms with van der Waals surface area (Å²) in [6.45, 7) is 5.27. The lowest BCUT2D eigenvalue weighted by molar-refractivity contribution is -0.138. The molecule has 1 saturated heterocycles. The lowest BCUT2D eigenvalue weighted by Gasteiger charge is -2.21. The Hall–Kier alpha value is -1.31. The van der Waals surface area contributed by atoms with Gasteiger partial charge in [-0.05, 0) is 32.6 Å². The molecule has 0 saturated carbocycles. The van der Waals surface area contributed by atoms with Crippen LogP contribution in [0.5, 0.6) is 0 Å². The zero-order valence-corrected chi connectivity index (χ0v) is 12.7. The normalized spacial score (nSPS) is 25.1. The number of carbonyl (C=O) groups excluding carboxylic acids is 1. The van der Waals surface area contributed by atoms with Crippen molar-refractivity contribution in [3.8, 4) is 0 Å². The number of hydrogen-bond acceptors (Lipinski definition) is 5. The highest BCUT2D eigenvalue weighted by molar-refractivity contribution is 7.91. The van der Waals surface area contributed by atoms with E-state index < -0.39 is 33.4 Å². The molecule has 7 nitrogen and oxygen atoms in total. The van der Waals surface area contributed by atoms with Crippen LogP contribution in [0, 0.1) is 11.8 Å². The highest BCUT2D eigenvalue weighted by Crippen LogP contribution is 2.27. The molecule has 0 unspecified atom stereocenters. The van der Waals surface area contributed by atoms with Gasteiger partial charge in [-0.2, -0.15) is 0 Å². The van der Waals surface area contributed by atoms with E-state index in [9.17, 15) is 18.0 Å². The predicted octanol–water partition coefficient (Wildman–Crippen LogP) is 0.647. The van der Waals surface area contributed by atoms with E-state index in [1.54, 1.807) is 20.8 Å². The van der Waals surface area contributed by atoms with Crippen LogP contribution < -0.4 is 5.32 Å². The van der Waals surface area contributed by atoms with E-state index in [1.807, 2.05) is 0 Å². The number of nitrogens with one attached hydrogen (secondary N) is 1. The minimum absolute atomic E-state index is 0.0965. The maximum absolute atomic E-state index is 11.6. The smallest absolute Gasteiger partial charge is 0.407 e. The number of carbonyl (C=O) groups is 2. The third-order valence-electron chi connectivity index (χ3n) is 2.95. The van der Waals surface area contributed by atoms with Crippen molar-refractivity contribution in [2.45, 2.75) is 32.8 Å². The molecule has 116 valence electrons. The van der Waals surface area contributed by atoms with Crippen molar-refractivity contribution < 1.29 is 27.9 Å². The zero-order valence-electron chi connectivity index (χ0n) is 11.9. The Labute approximate surface area is 118 Å². The Balaban J connectivity index is 2.56. The van der Waals surface area contributed by atoms with Gasteiger partial charge in [-0.1, -0.05) is 0 Å². The Bertz CT molecular complexity index is 479. The first-order valence-corrected chi connectivity index (χ1v) is 8.20. The maximum Gasteiger partial charge on any atom is 0.407 e. The van der Waals surface area contributed by atoms with Gasteiger partial charge in [0, 0.05) is 13.0 Å². The largest absolute Gasteiger partial charge is 0.481 e. The van der Waals surface area contributed by atoms with Crippen molar-refractivity contribution in [1.82, 2.24) is 5.32 Å². The average Bonchev–Trinajstić information content (AvgIpc) is 2.46. The van der Waals surface area contributed by atoms with Crippen LogP contribution in [-0.2, 0) is 19.4 Å². The molecule has 2 atom stereocenters. The van der Waals surface area contributed by atoms with Gasteiger partial charge in [-0.25, -0.2) is 13.2 Å². The van der Waals surface area contributed by atoms with Crippen LogP contribution in [-0.4, -0.2) is 49.2 Å². The van der Waals surface area contributed by atoms with Crippen molar-refractivity contribution >= 4 is 21.9 Å². The molecule has 0 aliphatic carbocycles. The molecule has 1 heterocycles. The number of rotatable bonds is 4. The lowest BCUT2D eigenvalue weighted by atomic mass is 9.93. The summed E-state index contributed by atoms with van der Waals surface area (Å²) in [5.41, 5.74) is -0.633. The number of ether oxygens (including phenoxy) is 1.